The largest absolute Gasteiger partial charge is 0.399 e. The summed E-state index contributed by atoms with van der Waals surface area (Å²) in [5.74, 6) is 0.822. The zero-order valence-corrected chi connectivity index (χ0v) is 12.2. The number of fused-ring (bicyclic) bond motifs is 1. The van der Waals surface area contributed by atoms with Gasteiger partial charge in [0.1, 0.15) is 11.1 Å². The third-order valence-corrected chi connectivity index (χ3v) is 4.51. The molecule has 7 heteroatoms. The van der Waals surface area contributed by atoms with E-state index in [4.69, 9.17) is 10.5 Å². The van der Waals surface area contributed by atoms with Crippen molar-refractivity contribution in [3.8, 4) is 0 Å². The molecule has 4 rings (SSSR count). The molecule has 1 aliphatic rings. The lowest BCUT2D eigenvalue weighted by atomic mass is 10.1. The molecular weight excluding hydrogens is 286 g/mol. The van der Waals surface area contributed by atoms with Gasteiger partial charge in [0, 0.05) is 18.7 Å². The lowest BCUT2D eigenvalue weighted by molar-refractivity contribution is 0.103. The van der Waals surface area contributed by atoms with Crippen LogP contribution in [0.1, 0.15) is 35.3 Å². The Morgan fingerprint density at radius 1 is 1.29 bits per heavy atom. The van der Waals surface area contributed by atoms with Gasteiger partial charge in [-0.25, -0.2) is 0 Å². The van der Waals surface area contributed by atoms with E-state index in [-0.39, 0.29) is 6.10 Å². The third-order valence-electron chi connectivity index (χ3n) is 3.61. The van der Waals surface area contributed by atoms with Crippen LogP contribution >= 0.6 is 11.3 Å². The van der Waals surface area contributed by atoms with Gasteiger partial charge in [-0.2, -0.15) is 9.61 Å². The molecule has 21 heavy (non-hydrogen) atoms. The maximum absolute atomic E-state index is 5.71. The predicted molar refractivity (Wildman–Crippen MR) is 80.2 cm³/mol. The Hall–Kier alpha value is -1.99. The molecule has 3 heterocycles. The highest BCUT2D eigenvalue weighted by Crippen LogP contribution is 2.28. The first-order chi connectivity index (χ1) is 10.3. The van der Waals surface area contributed by atoms with Crippen LogP contribution in [-0.4, -0.2) is 26.4 Å². The van der Waals surface area contributed by atoms with E-state index in [2.05, 4.69) is 15.3 Å². The average Bonchev–Trinajstić information content (AvgIpc) is 3.17. The molecule has 1 saturated heterocycles. The van der Waals surface area contributed by atoms with Crippen LogP contribution in [0.15, 0.2) is 24.3 Å². The Labute approximate surface area is 125 Å². The number of aromatic nitrogens is 4. The minimum absolute atomic E-state index is 0.0338. The molecular formula is C14H15N5OS. The summed E-state index contributed by atoms with van der Waals surface area (Å²) < 4.78 is 7.50. The van der Waals surface area contributed by atoms with Crippen LogP contribution in [0.25, 0.3) is 4.96 Å². The number of ether oxygens (including phenoxy) is 1. The van der Waals surface area contributed by atoms with Gasteiger partial charge in [0.15, 0.2) is 5.82 Å². The fraction of sp³-hybridized carbons (Fsp3) is 0.357. The van der Waals surface area contributed by atoms with Crippen LogP contribution in [0, 0.1) is 0 Å². The number of nitrogen functional groups attached to an aromatic ring is 1. The molecule has 0 saturated carbocycles. The van der Waals surface area contributed by atoms with Crippen LogP contribution in [0.2, 0.25) is 0 Å². The fourth-order valence-corrected chi connectivity index (χ4v) is 3.41. The summed E-state index contributed by atoms with van der Waals surface area (Å²) in [5, 5.41) is 14.1. The van der Waals surface area contributed by atoms with Gasteiger partial charge in [0.05, 0.1) is 0 Å². The first-order valence-electron chi connectivity index (χ1n) is 6.96. The van der Waals surface area contributed by atoms with Crippen molar-refractivity contribution in [2.75, 3.05) is 12.3 Å². The molecule has 1 aromatic carbocycles. The Balaban J connectivity index is 1.63. The van der Waals surface area contributed by atoms with E-state index in [0.717, 1.165) is 47.3 Å². The van der Waals surface area contributed by atoms with Crippen molar-refractivity contribution in [1.29, 1.82) is 0 Å². The number of anilines is 1. The lowest BCUT2D eigenvalue weighted by Gasteiger charge is -2.04. The normalized spacial score (nSPS) is 18.6. The third kappa shape index (κ3) is 2.38. The smallest absolute Gasteiger partial charge is 0.234 e. The molecule has 0 bridgehead atoms. The van der Waals surface area contributed by atoms with Crippen molar-refractivity contribution < 1.29 is 4.74 Å². The second-order valence-corrected chi connectivity index (χ2v) is 6.21. The number of hydrogen-bond acceptors (Lipinski definition) is 6. The maximum atomic E-state index is 5.71. The van der Waals surface area contributed by atoms with Gasteiger partial charge in [0.2, 0.25) is 4.96 Å². The zero-order valence-electron chi connectivity index (χ0n) is 11.4. The van der Waals surface area contributed by atoms with Gasteiger partial charge < -0.3 is 10.5 Å². The maximum Gasteiger partial charge on any atom is 0.234 e. The fourth-order valence-electron chi connectivity index (χ4n) is 2.54. The molecule has 0 radical (unpaired) electrons. The van der Waals surface area contributed by atoms with Crippen LogP contribution in [0.4, 0.5) is 5.69 Å². The Kier molecular flexibility index (Phi) is 3.08. The standard InChI is InChI=1S/C14H15N5OS/c15-10-5-3-9(4-6-10)8-12-18-19-13(11-2-1-7-20-11)16-17-14(19)21-12/h3-6,11H,1-2,7-8,15H2. The van der Waals surface area contributed by atoms with E-state index in [0.29, 0.717) is 0 Å². The summed E-state index contributed by atoms with van der Waals surface area (Å²) in [4.78, 5) is 0.825. The summed E-state index contributed by atoms with van der Waals surface area (Å²) in [5.41, 5.74) is 7.67. The zero-order chi connectivity index (χ0) is 14.2. The highest BCUT2D eigenvalue weighted by atomic mass is 32.1. The average molecular weight is 301 g/mol. The van der Waals surface area contributed by atoms with Crippen LogP contribution in [-0.2, 0) is 11.2 Å². The highest BCUT2D eigenvalue weighted by molar-refractivity contribution is 7.16. The minimum Gasteiger partial charge on any atom is -0.399 e. The molecule has 3 aromatic rings. The summed E-state index contributed by atoms with van der Waals surface area (Å²) in [6, 6.07) is 7.87. The number of nitrogens with zero attached hydrogens (tertiary/aromatic N) is 4. The number of rotatable bonds is 3. The quantitative estimate of drug-likeness (QED) is 0.750. The van der Waals surface area contributed by atoms with Crippen molar-refractivity contribution in [2.24, 2.45) is 0 Å². The second kappa shape index (κ2) is 5.09. The SMILES string of the molecule is Nc1ccc(Cc2nn3c(C4CCCO4)nnc3s2)cc1. The van der Waals surface area contributed by atoms with Crippen molar-refractivity contribution in [3.63, 3.8) is 0 Å². The molecule has 108 valence electrons. The van der Waals surface area contributed by atoms with E-state index in [1.54, 1.807) is 11.3 Å². The minimum atomic E-state index is 0.0338. The molecule has 2 aromatic heterocycles. The molecule has 0 amide bonds. The van der Waals surface area contributed by atoms with Crippen molar-refractivity contribution in [3.05, 3.63) is 40.7 Å². The summed E-state index contributed by atoms with van der Waals surface area (Å²) in [7, 11) is 0. The first-order valence-corrected chi connectivity index (χ1v) is 7.78. The van der Waals surface area contributed by atoms with E-state index < -0.39 is 0 Å². The summed E-state index contributed by atoms with van der Waals surface area (Å²) in [6.07, 6.45) is 2.87. The van der Waals surface area contributed by atoms with Gasteiger partial charge >= 0.3 is 0 Å². The number of nitrogens with two attached hydrogens (primary N) is 1. The van der Waals surface area contributed by atoms with Crippen molar-refractivity contribution >= 4 is 22.0 Å². The topological polar surface area (TPSA) is 78.3 Å². The Bertz CT molecular complexity index is 757. The van der Waals surface area contributed by atoms with E-state index >= 15 is 0 Å². The Morgan fingerprint density at radius 3 is 2.90 bits per heavy atom. The van der Waals surface area contributed by atoms with E-state index in [9.17, 15) is 0 Å². The monoisotopic (exact) mass is 301 g/mol. The van der Waals surface area contributed by atoms with Gasteiger partial charge in [-0.1, -0.05) is 23.5 Å². The van der Waals surface area contributed by atoms with E-state index in [1.807, 2.05) is 28.8 Å². The number of hydrogen-bond donors (Lipinski definition) is 1. The van der Waals surface area contributed by atoms with Crippen LogP contribution < -0.4 is 5.73 Å². The molecule has 2 N–H and O–H groups in total. The molecule has 1 fully saturated rings. The summed E-state index contributed by atoms with van der Waals surface area (Å²) >= 11 is 1.57. The van der Waals surface area contributed by atoms with Gasteiger partial charge in [-0.3, -0.25) is 0 Å². The molecule has 6 nitrogen and oxygen atoms in total. The molecule has 1 aliphatic heterocycles. The first kappa shape index (κ1) is 12.7. The van der Waals surface area contributed by atoms with Gasteiger partial charge in [0.25, 0.3) is 0 Å². The van der Waals surface area contributed by atoms with Crippen LogP contribution in [0.3, 0.4) is 0 Å². The van der Waals surface area contributed by atoms with Gasteiger partial charge in [-0.15, -0.1) is 10.2 Å². The lowest BCUT2D eigenvalue weighted by Crippen LogP contribution is -2.04. The number of benzene rings is 1. The van der Waals surface area contributed by atoms with Crippen molar-refractivity contribution in [1.82, 2.24) is 19.8 Å². The summed E-state index contributed by atoms with van der Waals surface area (Å²) in [6.45, 7) is 0.794. The molecule has 1 atom stereocenters. The molecule has 0 aliphatic carbocycles. The molecule has 0 spiro atoms. The van der Waals surface area contributed by atoms with E-state index in [1.165, 1.54) is 5.56 Å². The Morgan fingerprint density at radius 2 is 2.14 bits per heavy atom. The van der Waals surface area contributed by atoms with Crippen LogP contribution in [0.5, 0.6) is 0 Å². The van der Waals surface area contributed by atoms with Crippen molar-refractivity contribution in [2.45, 2.75) is 25.4 Å². The van der Waals surface area contributed by atoms with Gasteiger partial charge in [-0.05, 0) is 30.5 Å². The highest BCUT2D eigenvalue weighted by Gasteiger charge is 2.24. The predicted octanol–water partition coefficient (Wildman–Crippen LogP) is 2.21. The second-order valence-electron chi connectivity index (χ2n) is 5.17. The molecule has 1 unspecified atom stereocenters.